The van der Waals surface area contributed by atoms with Crippen LogP contribution in [0.1, 0.15) is 58.2 Å². The van der Waals surface area contributed by atoms with Gasteiger partial charge < -0.3 is 15.0 Å². The minimum atomic E-state index is -4.41. The molecule has 0 atom stereocenters. The zero-order valence-corrected chi connectivity index (χ0v) is 23.9. The zero-order chi connectivity index (χ0) is 29.1. The first-order valence-electron chi connectivity index (χ1n) is 14.3. The van der Waals surface area contributed by atoms with Gasteiger partial charge in [0.05, 0.1) is 12.2 Å². The number of rotatable bonds is 9. The van der Waals surface area contributed by atoms with Crippen LogP contribution in [0.5, 0.6) is 5.75 Å². The number of aryl methyl sites for hydroxylation is 2. The van der Waals surface area contributed by atoms with E-state index >= 15 is 0 Å². The number of halogens is 3. The molecule has 0 saturated heterocycles. The van der Waals surface area contributed by atoms with Crippen LogP contribution in [-0.4, -0.2) is 36.5 Å². The van der Waals surface area contributed by atoms with Gasteiger partial charge in [-0.1, -0.05) is 42.5 Å². The van der Waals surface area contributed by atoms with Crippen LogP contribution >= 0.6 is 0 Å². The first kappa shape index (κ1) is 28.9. The number of carbonyl (C=O) groups excluding carboxylic acids is 1. The SMILES string of the molecule is Cc1cc(C)c(C)c(OCCc2ccc(C3=C(C(=O)N(Cc4cccc(C(F)(F)F)c4)C4CC4)CNCC3)cc2)c1. The number of amides is 1. The van der Waals surface area contributed by atoms with Crippen molar-refractivity contribution in [3.63, 3.8) is 0 Å². The second kappa shape index (κ2) is 12.1. The molecule has 4 nitrogen and oxygen atoms in total. The van der Waals surface area contributed by atoms with Crippen molar-refractivity contribution in [2.75, 3.05) is 19.7 Å². The van der Waals surface area contributed by atoms with Crippen molar-refractivity contribution in [2.24, 2.45) is 0 Å². The Labute approximate surface area is 240 Å². The summed E-state index contributed by atoms with van der Waals surface area (Å²) in [5, 5.41) is 3.32. The summed E-state index contributed by atoms with van der Waals surface area (Å²) in [6, 6.07) is 17.9. The molecule has 7 heteroatoms. The third-order valence-corrected chi connectivity index (χ3v) is 8.05. The van der Waals surface area contributed by atoms with E-state index in [0.29, 0.717) is 24.3 Å². The summed E-state index contributed by atoms with van der Waals surface area (Å²) in [6.45, 7) is 8.21. The monoisotopic (exact) mass is 562 g/mol. The third kappa shape index (κ3) is 7.02. The van der Waals surface area contributed by atoms with E-state index < -0.39 is 11.7 Å². The molecule has 0 unspecified atom stereocenters. The van der Waals surface area contributed by atoms with Gasteiger partial charge in [-0.2, -0.15) is 13.2 Å². The molecule has 0 aromatic heterocycles. The molecule has 1 saturated carbocycles. The zero-order valence-electron chi connectivity index (χ0n) is 23.9. The smallest absolute Gasteiger partial charge is 0.416 e. The Hall–Kier alpha value is -3.58. The fourth-order valence-corrected chi connectivity index (χ4v) is 5.48. The van der Waals surface area contributed by atoms with Crippen LogP contribution in [0.25, 0.3) is 5.57 Å². The molecule has 41 heavy (non-hydrogen) atoms. The van der Waals surface area contributed by atoms with Crippen LogP contribution in [-0.2, 0) is 23.9 Å². The number of nitrogens with one attached hydrogen (secondary N) is 1. The number of ether oxygens (including phenoxy) is 1. The molecule has 5 rings (SSSR count). The molecule has 3 aromatic carbocycles. The van der Waals surface area contributed by atoms with E-state index in [-0.39, 0.29) is 18.5 Å². The van der Waals surface area contributed by atoms with E-state index in [9.17, 15) is 18.0 Å². The van der Waals surface area contributed by atoms with Gasteiger partial charge in [0.15, 0.2) is 0 Å². The summed E-state index contributed by atoms with van der Waals surface area (Å²) < 4.78 is 45.9. The molecule has 3 aromatic rings. The fraction of sp³-hybridized carbons (Fsp3) is 0.382. The van der Waals surface area contributed by atoms with Crippen molar-refractivity contribution in [1.29, 1.82) is 0 Å². The Morgan fingerprint density at radius 2 is 1.76 bits per heavy atom. The summed E-state index contributed by atoms with van der Waals surface area (Å²) in [7, 11) is 0. The second-order valence-electron chi connectivity index (χ2n) is 11.2. The Morgan fingerprint density at radius 3 is 2.46 bits per heavy atom. The first-order chi connectivity index (χ1) is 19.6. The summed E-state index contributed by atoms with van der Waals surface area (Å²) in [5.74, 6) is 0.834. The molecule has 1 aliphatic carbocycles. The predicted molar refractivity (Wildman–Crippen MR) is 156 cm³/mol. The van der Waals surface area contributed by atoms with Gasteiger partial charge in [0.2, 0.25) is 0 Å². The maximum absolute atomic E-state index is 13.9. The van der Waals surface area contributed by atoms with Crippen LogP contribution in [0.3, 0.4) is 0 Å². The highest BCUT2D eigenvalue weighted by molar-refractivity contribution is 6.02. The lowest BCUT2D eigenvalue weighted by Gasteiger charge is -2.28. The Balaban J connectivity index is 1.30. The molecular formula is C34H37F3N2O2. The van der Waals surface area contributed by atoms with Gasteiger partial charge in [-0.15, -0.1) is 0 Å². The average molecular weight is 563 g/mol. The van der Waals surface area contributed by atoms with Gasteiger partial charge in [0, 0.05) is 31.1 Å². The van der Waals surface area contributed by atoms with Gasteiger partial charge in [-0.25, -0.2) is 0 Å². The maximum atomic E-state index is 13.9. The van der Waals surface area contributed by atoms with E-state index in [0.717, 1.165) is 72.4 Å². The van der Waals surface area contributed by atoms with E-state index in [1.165, 1.54) is 17.2 Å². The molecule has 1 N–H and O–H groups in total. The normalized spacial score (nSPS) is 15.7. The number of alkyl halides is 3. The molecule has 2 aliphatic rings. The lowest BCUT2D eigenvalue weighted by molar-refractivity contribution is -0.137. The van der Waals surface area contributed by atoms with E-state index in [1.54, 1.807) is 11.0 Å². The first-order valence-corrected chi connectivity index (χ1v) is 14.3. The van der Waals surface area contributed by atoms with Crippen molar-refractivity contribution in [1.82, 2.24) is 10.2 Å². The van der Waals surface area contributed by atoms with E-state index in [1.807, 2.05) is 0 Å². The number of hydrogen-bond acceptors (Lipinski definition) is 3. The minimum absolute atomic E-state index is 0.0657. The van der Waals surface area contributed by atoms with Crippen LogP contribution in [0.2, 0.25) is 0 Å². The Morgan fingerprint density at radius 1 is 1.00 bits per heavy atom. The van der Waals surface area contributed by atoms with Crippen molar-refractivity contribution in [3.8, 4) is 5.75 Å². The third-order valence-electron chi connectivity index (χ3n) is 8.05. The molecule has 1 aliphatic heterocycles. The quantitative estimate of drug-likeness (QED) is 0.300. The molecule has 1 amide bonds. The van der Waals surface area contributed by atoms with Gasteiger partial charge in [0.1, 0.15) is 5.75 Å². The van der Waals surface area contributed by atoms with Crippen molar-refractivity contribution >= 4 is 11.5 Å². The molecule has 1 fully saturated rings. The molecule has 1 heterocycles. The van der Waals surface area contributed by atoms with Crippen molar-refractivity contribution in [2.45, 2.75) is 65.2 Å². The highest BCUT2D eigenvalue weighted by atomic mass is 19.4. The van der Waals surface area contributed by atoms with E-state index in [2.05, 4.69) is 62.5 Å². The van der Waals surface area contributed by atoms with Crippen LogP contribution in [0.4, 0.5) is 13.2 Å². The Bertz CT molecular complexity index is 1440. The van der Waals surface area contributed by atoms with Gasteiger partial charge in [0.25, 0.3) is 5.91 Å². The second-order valence-corrected chi connectivity index (χ2v) is 11.2. The largest absolute Gasteiger partial charge is 0.493 e. The predicted octanol–water partition coefficient (Wildman–Crippen LogP) is 7.19. The summed E-state index contributed by atoms with van der Waals surface area (Å²) in [5.41, 5.74) is 7.26. The standard InChI is InChI=1S/C34H37F3N2O2/c1-22-17-23(2)24(3)32(18-22)41-16-14-25-7-9-27(10-8-25)30-13-15-38-20-31(30)33(40)39(29-11-12-29)21-26-5-4-6-28(19-26)34(35,36)37/h4-10,17-19,29,38H,11-16,20-21H2,1-3H3. The van der Waals surface area contributed by atoms with Gasteiger partial charge in [-0.3, -0.25) is 4.79 Å². The summed E-state index contributed by atoms with van der Waals surface area (Å²) in [4.78, 5) is 15.6. The fourth-order valence-electron chi connectivity index (χ4n) is 5.48. The molecule has 0 bridgehead atoms. The number of carbonyl (C=O) groups is 1. The van der Waals surface area contributed by atoms with Crippen LogP contribution in [0, 0.1) is 20.8 Å². The van der Waals surface area contributed by atoms with Gasteiger partial charge >= 0.3 is 6.18 Å². The highest BCUT2D eigenvalue weighted by Gasteiger charge is 2.36. The average Bonchev–Trinajstić information content (AvgIpc) is 3.79. The van der Waals surface area contributed by atoms with Gasteiger partial charge in [-0.05, 0) is 104 Å². The van der Waals surface area contributed by atoms with Crippen LogP contribution in [0.15, 0.2) is 66.2 Å². The topological polar surface area (TPSA) is 41.6 Å². The molecule has 0 radical (unpaired) electrons. The minimum Gasteiger partial charge on any atom is -0.493 e. The number of benzene rings is 3. The molecule has 216 valence electrons. The lowest BCUT2D eigenvalue weighted by atomic mass is 9.92. The molecule has 0 spiro atoms. The van der Waals surface area contributed by atoms with Crippen molar-refractivity contribution in [3.05, 3.63) is 105 Å². The molecular weight excluding hydrogens is 525 g/mol. The summed E-state index contributed by atoms with van der Waals surface area (Å²) in [6.07, 6.45) is -1.17. The highest BCUT2D eigenvalue weighted by Crippen LogP contribution is 2.34. The summed E-state index contributed by atoms with van der Waals surface area (Å²) >= 11 is 0. The Kier molecular flexibility index (Phi) is 8.55. The number of hydrogen-bond donors (Lipinski definition) is 1. The lowest BCUT2D eigenvalue weighted by Crippen LogP contribution is -2.39. The van der Waals surface area contributed by atoms with E-state index in [4.69, 9.17) is 4.74 Å². The number of nitrogens with zero attached hydrogens (tertiary/aromatic N) is 1. The van der Waals surface area contributed by atoms with Crippen molar-refractivity contribution < 1.29 is 22.7 Å². The van der Waals surface area contributed by atoms with Crippen LogP contribution < -0.4 is 10.1 Å². The maximum Gasteiger partial charge on any atom is 0.416 e.